The van der Waals surface area contributed by atoms with Gasteiger partial charge in [0.1, 0.15) is 11.5 Å². The summed E-state index contributed by atoms with van der Waals surface area (Å²) in [5.41, 5.74) is -0.372. The Balaban J connectivity index is 1.29. The molecule has 8 nitrogen and oxygen atoms in total. The number of rotatable bonds is 8. The lowest BCUT2D eigenvalue weighted by Gasteiger charge is -2.32. The molecule has 1 fully saturated rings. The fraction of sp³-hybridized carbons (Fsp3) is 0.423. The molecule has 34 heavy (non-hydrogen) atoms. The number of ketones is 2. The molecule has 180 valence electrons. The lowest BCUT2D eigenvalue weighted by atomic mass is 9.82. The molecule has 2 aliphatic rings. The summed E-state index contributed by atoms with van der Waals surface area (Å²) < 4.78 is 5.33. The smallest absolute Gasteiger partial charge is 0.338 e. The zero-order valence-electron chi connectivity index (χ0n) is 19.4. The van der Waals surface area contributed by atoms with Crippen LogP contribution in [-0.4, -0.2) is 83.9 Å². The largest absolute Gasteiger partial charge is 0.507 e. The van der Waals surface area contributed by atoms with Gasteiger partial charge in [-0.1, -0.05) is 25.0 Å². The molecule has 8 heteroatoms. The second-order valence-electron chi connectivity index (χ2n) is 8.97. The third kappa shape index (κ3) is 4.98. The second-order valence-corrected chi connectivity index (χ2v) is 8.97. The number of likely N-dealkylation sites (N-methyl/N-ethyl adjacent to an activating group) is 1. The van der Waals surface area contributed by atoms with Gasteiger partial charge >= 0.3 is 5.97 Å². The van der Waals surface area contributed by atoms with Gasteiger partial charge in [-0.25, -0.2) is 4.79 Å². The van der Waals surface area contributed by atoms with E-state index in [0.29, 0.717) is 0 Å². The van der Waals surface area contributed by atoms with Crippen LogP contribution in [0.2, 0.25) is 0 Å². The average molecular weight is 467 g/mol. The summed E-state index contributed by atoms with van der Waals surface area (Å²) in [5, 5.41) is 20.4. The summed E-state index contributed by atoms with van der Waals surface area (Å²) in [6.45, 7) is 5.79. The van der Waals surface area contributed by atoms with Gasteiger partial charge in [-0.2, -0.15) is 0 Å². The van der Waals surface area contributed by atoms with Crippen molar-refractivity contribution >= 4 is 17.5 Å². The van der Waals surface area contributed by atoms with Crippen molar-refractivity contribution in [3.63, 3.8) is 0 Å². The standard InChI is InChI=1S/C26H30N2O6/c1-27-10-12-28(13-11-27)9-4-2-3-5-14-34-26(33)17-15-19-23(21(30)16-17)25(32)22-18(24(19)31)7-6-8-20(22)29/h6-8,15-16,29-30H,2-5,9-14H2,1H3. The molecule has 0 bridgehead atoms. The van der Waals surface area contributed by atoms with Crippen LogP contribution in [0.1, 0.15) is 67.9 Å². The Labute approximate surface area is 198 Å². The SMILES string of the molecule is CN1CCN(CCCCCCOC(=O)c2cc(O)c3c(c2)C(=O)c2cccc(O)c2C3=O)CC1. The van der Waals surface area contributed by atoms with E-state index in [0.717, 1.165) is 64.5 Å². The molecule has 2 aromatic carbocycles. The van der Waals surface area contributed by atoms with Crippen LogP contribution in [0.15, 0.2) is 30.3 Å². The zero-order chi connectivity index (χ0) is 24.2. The van der Waals surface area contributed by atoms with Gasteiger partial charge in [0, 0.05) is 37.3 Å². The van der Waals surface area contributed by atoms with Crippen LogP contribution in [0.3, 0.4) is 0 Å². The van der Waals surface area contributed by atoms with Crippen LogP contribution in [0, 0.1) is 0 Å². The van der Waals surface area contributed by atoms with E-state index >= 15 is 0 Å². The molecule has 2 aromatic rings. The lowest BCUT2D eigenvalue weighted by Crippen LogP contribution is -2.44. The number of piperazine rings is 1. The lowest BCUT2D eigenvalue weighted by molar-refractivity contribution is 0.0496. The first-order chi connectivity index (χ1) is 16.4. The van der Waals surface area contributed by atoms with Crippen molar-refractivity contribution in [2.24, 2.45) is 0 Å². The number of hydrogen-bond donors (Lipinski definition) is 2. The number of carbonyl (C=O) groups is 3. The molecule has 1 heterocycles. The van der Waals surface area contributed by atoms with Crippen LogP contribution in [0.4, 0.5) is 0 Å². The molecule has 0 aromatic heterocycles. The van der Waals surface area contributed by atoms with Crippen molar-refractivity contribution in [3.8, 4) is 11.5 Å². The van der Waals surface area contributed by atoms with Crippen molar-refractivity contribution in [2.45, 2.75) is 25.7 Å². The summed E-state index contributed by atoms with van der Waals surface area (Å²) >= 11 is 0. The van der Waals surface area contributed by atoms with Crippen molar-refractivity contribution in [1.29, 1.82) is 0 Å². The number of benzene rings is 2. The minimum Gasteiger partial charge on any atom is -0.507 e. The van der Waals surface area contributed by atoms with Gasteiger partial charge in [0.25, 0.3) is 0 Å². The number of aromatic hydroxyl groups is 2. The summed E-state index contributed by atoms with van der Waals surface area (Å²) in [7, 11) is 2.15. The highest BCUT2D eigenvalue weighted by atomic mass is 16.5. The number of phenolic OH excluding ortho intramolecular Hbond substituents is 2. The molecule has 1 saturated heterocycles. The predicted octanol–water partition coefficient (Wildman–Crippen LogP) is 2.84. The van der Waals surface area contributed by atoms with E-state index in [4.69, 9.17) is 4.74 Å². The average Bonchev–Trinajstić information content (AvgIpc) is 2.82. The first-order valence-corrected chi connectivity index (χ1v) is 11.7. The highest BCUT2D eigenvalue weighted by Crippen LogP contribution is 2.37. The Morgan fingerprint density at radius 2 is 1.59 bits per heavy atom. The van der Waals surface area contributed by atoms with Gasteiger partial charge in [0.15, 0.2) is 5.78 Å². The number of phenols is 2. The van der Waals surface area contributed by atoms with Gasteiger partial charge in [0.2, 0.25) is 5.78 Å². The van der Waals surface area contributed by atoms with Gasteiger partial charge in [-0.05, 0) is 44.6 Å². The fourth-order valence-electron chi connectivity index (χ4n) is 4.51. The fourth-order valence-corrected chi connectivity index (χ4v) is 4.51. The Bertz CT molecular complexity index is 1100. The molecular formula is C26H30N2O6. The number of fused-ring (bicyclic) bond motifs is 2. The monoisotopic (exact) mass is 466 g/mol. The molecule has 2 N–H and O–H groups in total. The molecular weight excluding hydrogens is 436 g/mol. The van der Waals surface area contributed by atoms with Gasteiger partial charge < -0.3 is 24.7 Å². The molecule has 0 saturated carbocycles. The predicted molar refractivity (Wildman–Crippen MR) is 126 cm³/mol. The van der Waals surface area contributed by atoms with E-state index in [1.807, 2.05) is 0 Å². The number of ether oxygens (including phenoxy) is 1. The van der Waals surface area contributed by atoms with E-state index in [2.05, 4.69) is 16.8 Å². The molecule has 4 rings (SSSR count). The maximum atomic E-state index is 12.9. The molecule has 1 aliphatic carbocycles. The molecule has 0 amide bonds. The van der Waals surface area contributed by atoms with Crippen LogP contribution in [0.25, 0.3) is 0 Å². The van der Waals surface area contributed by atoms with Crippen LogP contribution in [-0.2, 0) is 4.74 Å². The maximum absolute atomic E-state index is 12.9. The summed E-state index contributed by atoms with van der Waals surface area (Å²) in [6, 6.07) is 6.62. The van der Waals surface area contributed by atoms with Gasteiger partial charge in [0.05, 0.1) is 23.3 Å². The third-order valence-electron chi connectivity index (χ3n) is 6.54. The Morgan fingerprint density at radius 1 is 0.882 bits per heavy atom. The second kappa shape index (κ2) is 10.4. The molecule has 0 atom stereocenters. The van der Waals surface area contributed by atoms with Crippen LogP contribution in [0.5, 0.6) is 11.5 Å². The van der Waals surface area contributed by atoms with Crippen LogP contribution >= 0.6 is 0 Å². The van der Waals surface area contributed by atoms with Crippen molar-refractivity contribution in [2.75, 3.05) is 46.4 Å². The number of unbranched alkanes of at least 4 members (excludes halogenated alkanes) is 3. The number of hydrogen-bond acceptors (Lipinski definition) is 8. The maximum Gasteiger partial charge on any atom is 0.338 e. The van der Waals surface area contributed by atoms with E-state index in [1.165, 1.54) is 24.3 Å². The van der Waals surface area contributed by atoms with Crippen molar-refractivity contribution < 1.29 is 29.3 Å². The molecule has 0 unspecified atom stereocenters. The van der Waals surface area contributed by atoms with E-state index in [1.54, 1.807) is 0 Å². The number of carbonyl (C=O) groups excluding carboxylic acids is 3. The van der Waals surface area contributed by atoms with Crippen LogP contribution < -0.4 is 0 Å². The molecule has 1 aliphatic heterocycles. The van der Waals surface area contributed by atoms with Gasteiger partial charge in [-0.15, -0.1) is 0 Å². The topological polar surface area (TPSA) is 107 Å². The zero-order valence-corrected chi connectivity index (χ0v) is 19.4. The Morgan fingerprint density at radius 3 is 2.35 bits per heavy atom. The number of nitrogens with zero attached hydrogens (tertiary/aromatic N) is 2. The van der Waals surface area contributed by atoms with E-state index in [9.17, 15) is 24.6 Å². The van der Waals surface area contributed by atoms with E-state index in [-0.39, 0.29) is 40.2 Å². The third-order valence-corrected chi connectivity index (χ3v) is 6.54. The minimum atomic E-state index is -0.656. The summed E-state index contributed by atoms with van der Waals surface area (Å²) in [6.07, 6.45) is 3.86. The normalized spacial score (nSPS) is 16.3. The Kier molecular flexibility index (Phi) is 7.29. The van der Waals surface area contributed by atoms with E-state index < -0.39 is 23.3 Å². The molecule has 0 spiro atoms. The highest BCUT2D eigenvalue weighted by molar-refractivity contribution is 6.30. The minimum absolute atomic E-state index is 0.0102. The highest BCUT2D eigenvalue weighted by Gasteiger charge is 2.35. The van der Waals surface area contributed by atoms with Gasteiger partial charge in [-0.3, -0.25) is 9.59 Å². The summed E-state index contributed by atoms with van der Waals surface area (Å²) in [5.74, 6) is -2.66. The molecule has 0 radical (unpaired) electrons. The summed E-state index contributed by atoms with van der Waals surface area (Å²) in [4.78, 5) is 43.0. The van der Waals surface area contributed by atoms with Crippen molar-refractivity contribution in [3.05, 3.63) is 58.1 Å². The number of esters is 1. The quantitative estimate of drug-likeness (QED) is 0.386. The first-order valence-electron chi connectivity index (χ1n) is 11.7. The van der Waals surface area contributed by atoms with Crippen molar-refractivity contribution in [1.82, 2.24) is 9.80 Å². The Hall–Kier alpha value is -3.23. The first kappa shape index (κ1) is 23.9.